The van der Waals surface area contributed by atoms with Crippen LogP contribution in [0.15, 0.2) is 18.3 Å². The number of thiocarbonyl (C=S) groups is 1. The molecule has 0 aromatic carbocycles. The summed E-state index contributed by atoms with van der Waals surface area (Å²) < 4.78 is 0. The Kier molecular flexibility index (Phi) is 4.31. The van der Waals surface area contributed by atoms with E-state index in [-0.39, 0.29) is 0 Å². The molecule has 1 aromatic heterocycles. The van der Waals surface area contributed by atoms with Crippen LogP contribution in [-0.4, -0.2) is 16.1 Å². The van der Waals surface area contributed by atoms with Gasteiger partial charge in [-0.3, -0.25) is 0 Å². The van der Waals surface area contributed by atoms with Crippen molar-refractivity contribution < 1.29 is 0 Å². The molecule has 0 bridgehead atoms. The topological polar surface area (TPSA) is 37.0 Å². The SMILES string of the molecule is Cc1ccc(NC(=S)NC2CCCCC2)nc1. The number of nitrogens with zero attached hydrogens (tertiary/aromatic N) is 1. The maximum Gasteiger partial charge on any atom is 0.172 e. The van der Waals surface area contributed by atoms with Crippen molar-refractivity contribution in [2.24, 2.45) is 0 Å². The van der Waals surface area contributed by atoms with Crippen LogP contribution in [0.4, 0.5) is 5.82 Å². The molecule has 1 fully saturated rings. The molecule has 0 radical (unpaired) electrons. The third-order valence-corrected chi connectivity index (χ3v) is 3.31. The Morgan fingerprint density at radius 3 is 2.71 bits per heavy atom. The summed E-state index contributed by atoms with van der Waals surface area (Å²) in [5.74, 6) is 0.809. The van der Waals surface area contributed by atoms with E-state index in [4.69, 9.17) is 12.2 Å². The first-order valence-corrected chi connectivity index (χ1v) is 6.65. The standard InChI is InChI=1S/C13H19N3S/c1-10-7-8-12(14-9-10)16-13(17)15-11-5-3-2-4-6-11/h7-9,11H,2-6H2,1H3,(H2,14,15,16,17). The van der Waals surface area contributed by atoms with Crippen molar-refractivity contribution in [2.45, 2.75) is 45.1 Å². The van der Waals surface area contributed by atoms with Crippen molar-refractivity contribution in [1.82, 2.24) is 10.3 Å². The zero-order chi connectivity index (χ0) is 12.1. The molecule has 1 aliphatic carbocycles. The monoisotopic (exact) mass is 249 g/mol. The molecule has 92 valence electrons. The third kappa shape index (κ3) is 3.97. The summed E-state index contributed by atoms with van der Waals surface area (Å²) in [6.45, 7) is 2.02. The van der Waals surface area contributed by atoms with Gasteiger partial charge in [0.2, 0.25) is 0 Å². The van der Waals surface area contributed by atoms with Crippen LogP contribution in [-0.2, 0) is 0 Å². The summed E-state index contributed by atoms with van der Waals surface area (Å²) in [6.07, 6.45) is 8.27. The maximum absolute atomic E-state index is 5.29. The van der Waals surface area contributed by atoms with Crippen LogP contribution in [0.2, 0.25) is 0 Å². The number of hydrogen-bond acceptors (Lipinski definition) is 2. The van der Waals surface area contributed by atoms with Gasteiger partial charge in [-0.25, -0.2) is 4.98 Å². The van der Waals surface area contributed by atoms with Gasteiger partial charge in [0, 0.05) is 12.2 Å². The van der Waals surface area contributed by atoms with E-state index in [1.54, 1.807) is 0 Å². The van der Waals surface area contributed by atoms with Crippen LogP contribution < -0.4 is 10.6 Å². The number of aromatic nitrogens is 1. The minimum atomic E-state index is 0.536. The summed E-state index contributed by atoms with van der Waals surface area (Å²) in [7, 11) is 0. The lowest BCUT2D eigenvalue weighted by molar-refractivity contribution is 0.415. The molecule has 2 rings (SSSR count). The molecule has 0 amide bonds. The first-order valence-electron chi connectivity index (χ1n) is 6.24. The van der Waals surface area contributed by atoms with Crippen LogP contribution in [0.5, 0.6) is 0 Å². The highest BCUT2D eigenvalue weighted by atomic mass is 32.1. The van der Waals surface area contributed by atoms with Crippen LogP contribution in [0, 0.1) is 6.92 Å². The first-order chi connectivity index (χ1) is 8.24. The lowest BCUT2D eigenvalue weighted by atomic mass is 9.96. The Hall–Kier alpha value is -1.16. The Bertz CT molecular complexity index is 369. The first kappa shape index (κ1) is 12.3. The summed E-state index contributed by atoms with van der Waals surface area (Å²) in [4.78, 5) is 4.27. The minimum Gasteiger partial charge on any atom is -0.360 e. The fraction of sp³-hybridized carbons (Fsp3) is 0.538. The Morgan fingerprint density at radius 1 is 1.29 bits per heavy atom. The second-order valence-electron chi connectivity index (χ2n) is 4.65. The van der Waals surface area contributed by atoms with Crippen molar-refractivity contribution in [3.05, 3.63) is 23.9 Å². The number of aryl methyl sites for hydroxylation is 1. The molecule has 1 heterocycles. The van der Waals surface area contributed by atoms with Gasteiger partial charge in [0.25, 0.3) is 0 Å². The number of anilines is 1. The normalized spacial score (nSPS) is 16.5. The fourth-order valence-corrected chi connectivity index (χ4v) is 2.40. The summed E-state index contributed by atoms with van der Waals surface area (Å²) in [5, 5.41) is 7.18. The van der Waals surface area contributed by atoms with E-state index >= 15 is 0 Å². The van der Waals surface area contributed by atoms with Gasteiger partial charge in [0.05, 0.1) is 0 Å². The summed E-state index contributed by atoms with van der Waals surface area (Å²) >= 11 is 5.29. The molecule has 1 saturated carbocycles. The molecule has 4 heteroatoms. The van der Waals surface area contributed by atoms with Gasteiger partial charge in [-0.15, -0.1) is 0 Å². The van der Waals surface area contributed by atoms with E-state index in [2.05, 4.69) is 15.6 Å². The largest absolute Gasteiger partial charge is 0.360 e. The van der Waals surface area contributed by atoms with Crippen molar-refractivity contribution in [1.29, 1.82) is 0 Å². The highest BCUT2D eigenvalue weighted by molar-refractivity contribution is 7.80. The number of pyridine rings is 1. The van der Waals surface area contributed by atoms with E-state index in [1.165, 1.54) is 32.1 Å². The van der Waals surface area contributed by atoms with Gasteiger partial charge in [0.15, 0.2) is 5.11 Å². The molecule has 1 aliphatic rings. The van der Waals surface area contributed by atoms with Crippen LogP contribution in [0.3, 0.4) is 0 Å². The number of rotatable bonds is 2. The predicted molar refractivity (Wildman–Crippen MR) is 75.2 cm³/mol. The Morgan fingerprint density at radius 2 is 2.06 bits per heavy atom. The number of nitrogens with one attached hydrogen (secondary N) is 2. The summed E-state index contributed by atoms with van der Waals surface area (Å²) in [6, 6.07) is 4.51. The predicted octanol–water partition coefficient (Wildman–Crippen LogP) is 3.01. The highest BCUT2D eigenvalue weighted by Crippen LogP contribution is 2.17. The average molecular weight is 249 g/mol. The fourth-order valence-electron chi connectivity index (χ4n) is 2.13. The number of hydrogen-bond donors (Lipinski definition) is 2. The smallest absolute Gasteiger partial charge is 0.172 e. The van der Waals surface area contributed by atoms with Crippen LogP contribution in [0.25, 0.3) is 0 Å². The second-order valence-corrected chi connectivity index (χ2v) is 5.06. The van der Waals surface area contributed by atoms with Gasteiger partial charge < -0.3 is 10.6 Å². The molecule has 0 aliphatic heterocycles. The Balaban J connectivity index is 1.82. The molecule has 0 unspecified atom stereocenters. The molecular weight excluding hydrogens is 230 g/mol. The van der Waals surface area contributed by atoms with E-state index < -0.39 is 0 Å². The molecule has 0 saturated heterocycles. The van der Waals surface area contributed by atoms with Crippen molar-refractivity contribution >= 4 is 23.1 Å². The second kappa shape index (κ2) is 5.96. The molecule has 0 atom stereocenters. The van der Waals surface area contributed by atoms with E-state index in [0.29, 0.717) is 11.2 Å². The molecule has 2 N–H and O–H groups in total. The summed E-state index contributed by atoms with van der Waals surface area (Å²) in [5.41, 5.74) is 1.15. The molecule has 0 spiro atoms. The molecule has 3 nitrogen and oxygen atoms in total. The van der Waals surface area contributed by atoms with E-state index in [0.717, 1.165) is 11.4 Å². The average Bonchev–Trinajstić information content (AvgIpc) is 2.33. The maximum atomic E-state index is 5.29. The quantitative estimate of drug-likeness (QED) is 0.790. The lowest BCUT2D eigenvalue weighted by Gasteiger charge is -2.24. The third-order valence-electron chi connectivity index (χ3n) is 3.09. The van der Waals surface area contributed by atoms with Crippen molar-refractivity contribution in [2.75, 3.05) is 5.32 Å². The van der Waals surface area contributed by atoms with E-state index in [9.17, 15) is 0 Å². The lowest BCUT2D eigenvalue weighted by Crippen LogP contribution is -2.38. The molecule has 1 aromatic rings. The van der Waals surface area contributed by atoms with Gasteiger partial charge in [-0.1, -0.05) is 25.3 Å². The van der Waals surface area contributed by atoms with Gasteiger partial charge in [-0.05, 0) is 43.6 Å². The van der Waals surface area contributed by atoms with Crippen molar-refractivity contribution in [3.8, 4) is 0 Å². The zero-order valence-corrected chi connectivity index (χ0v) is 11.0. The van der Waals surface area contributed by atoms with E-state index in [1.807, 2.05) is 25.3 Å². The zero-order valence-electron chi connectivity index (χ0n) is 10.2. The minimum absolute atomic E-state index is 0.536. The molecule has 17 heavy (non-hydrogen) atoms. The molecular formula is C13H19N3S. The van der Waals surface area contributed by atoms with Crippen LogP contribution in [0.1, 0.15) is 37.7 Å². The highest BCUT2D eigenvalue weighted by Gasteiger charge is 2.13. The van der Waals surface area contributed by atoms with Gasteiger partial charge in [0.1, 0.15) is 5.82 Å². The van der Waals surface area contributed by atoms with Gasteiger partial charge in [-0.2, -0.15) is 0 Å². The van der Waals surface area contributed by atoms with Crippen LogP contribution >= 0.6 is 12.2 Å². The Labute approximate surface area is 108 Å². The van der Waals surface area contributed by atoms with Gasteiger partial charge >= 0.3 is 0 Å². The van der Waals surface area contributed by atoms with Crippen molar-refractivity contribution in [3.63, 3.8) is 0 Å².